The van der Waals surface area contributed by atoms with E-state index in [9.17, 15) is 8.78 Å². The summed E-state index contributed by atoms with van der Waals surface area (Å²) in [4.78, 5) is 0. The molecule has 0 bridgehead atoms. The molecule has 1 aromatic carbocycles. The fraction of sp³-hybridized carbons (Fsp3) is 0.643. The van der Waals surface area contributed by atoms with Crippen LogP contribution >= 0.6 is 0 Å². The van der Waals surface area contributed by atoms with Gasteiger partial charge >= 0.3 is 0 Å². The summed E-state index contributed by atoms with van der Waals surface area (Å²) >= 11 is 0. The summed E-state index contributed by atoms with van der Waals surface area (Å²) in [5, 5.41) is 0. The minimum Gasteiger partial charge on any atom is -0.203 e. The summed E-state index contributed by atoms with van der Waals surface area (Å²) in [5.74, 6) is 3.02. The lowest BCUT2D eigenvalue weighted by molar-refractivity contribution is 0.0743. The fourth-order valence-electron chi connectivity index (χ4n) is 6.86. The maximum absolute atomic E-state index is 14.9. The average Bonchev–Trinajstić information content (AvgIpc) is 2.79. The Morgan fingerprint density at radius 3 is 2.10 bits per heavy atom. The van der Waals surface area contributed by atoms with Gasteiger partial charge in [0.2, 0.25) is 0 Å². The van der Waals surface area contributed by atoms with E-state index in [1.54, 1.807) is 12.1 Å². The van der Waals surface area contributed by atoms with E-state index >= 15 is 0 Å². The number of allylic oxidation sites excluding steroid dienone is 2. The molecule has 0 saturated heterocycles. The van der Waals surface area contributed by atoms with Crippen LogP contribution in [0.4, 0.5) is 8.78 Å². The number of fused-ring (bicyclic) bond motifs is 1. The monoisotopic (exact) mass is 412 g/mol. The van der Waals surface area contributed by atoms with Gasteiger partial charge in [-0.2, -0.15) is 0 Å². The Morgan fingerprint density at radius 1 is 0.767 bits per heavy atom. The molecule has 30 heavy (non-hydrogen) atoms. The third-order valence-electron chi connectivity index (χ3n) is 8.72. The average molecular weight is 413 g/mol. The van der Waals surface area contributed by atoms with Gasteiger partial charge in [-0.15, -0.1) is 13.2 Å². The Balaban J connectivity index is 1.36. The molecule has 0 radical (unpaired) electrons. The summed E-state index contributed by atoms with van der Waals surface area (Å²) in [6.45, 7) is 7.66. The molecule has 0 amide bonds. The van der Waals surface area contributed by atoms with Crippen LogP contribution < -0.4 is 0 Å². The van der Waals surface area contributed by atoms with Crippen molar-refractivity contribution in [1.29, 1.82) is 0 Å². The first-order valence-corrected chi connectivity index (χ1v) is 12.3. The lowest BCUT2D eigenvalue weighted by atomic mass is 9.60. The third kappa shape index (κ3) is 4.58. The first-order valence-electron chi connectivity index (χ1n) is 12.3. The highest BCUT2D eigenvalue weighted by Crippen LogP contribution is 2.51. The predicted molar refractivity (Wildman–Crippen MR) is 121 cm³/mol. The smallest absolute Gasteiger partial charge is 0.162 e. The molecule has 3 saturated carbocycles. The van der Waals surface area contributed by atoms with E-state index in [1.807, 2.05) is 6.07 Å². The highest BCUT2D eigenvalue weighted by atomic mass is 19.2. The maximum atomic E-state index is 14.9. The molecule has 3 fully saturated rings. The number of aryl methyl sites for hydroxylation is 1. The Kier molecular flexibility index (Phi) is 7.11. The second kappa shape index (κ2) is 9.79. The second-order valence-electron chi connectivity index (χ2n) is 10.3. The molecule has 0 N–H and O–H groups in total. The van der Waals surface area contributed by atoms with E-state index in [-0.39, 0.29) is 5.92 Å². The molecular weight excluding hydrogens is 374 g/mol. The van der Waals surface area contributed by atoms with Crippen LogP contribution in [0.25, 0.3) is 0 Å². The van der Waals surface area contributed by atoms with Gasteiger partial charge in [-0.3, -0.25) is 0 Å². The van der Waals surface area contributed by atoms with E-state index in [4.69, 9.17) is 0 Å². The minimum absolute atomic E-state index is 0.189. The van der Waals surface area contributed by atoms with Gasteiger partial charge in [0, 0.05) is 0 Å². The van der Waals surface area contributed by atoms with Gasteiger partial charge in [-0.25, -0.2) is 8.78 Å². The molecular formula is C28H38F2. The summed E-state index contributed by atoms with van der Waals surface area (Å²) in [6.07, 6.45) is 17.8. The van der Waals surface area contributed by atoms with Crippen LogP contribution in [-0.2, 0) is 6.42 Å². The molecule has 3 aliphatic carbocycles. The number of hydrogen-bond donors (Lipinski definition) is 0. The molecule has 4 unspecified atom stereocenters. The van der Waals surface area contributed by atoms with Crippen LogP contribution in [0, 0.1) is 41.2 Å². The van der Waals surface area contributed by atoms with Crippen molar-refractivity contribution in [2.24, 2.45) is 29.6 Å². The summed E-state index contributed by atoms with van der Waals surface area (Å²) in [7, 11) is 0. The van der Waals surface area contributed by atoms with Crippen molar-refractivity contribution in [3.8, 4) is 0 Å². The molecule has 3 aliphatic rings. The molecule has 1 aromatic rings. The molecule has 0 heterocycles. The second-order valence-corrected chi connectivity index (χ2v) is 10.3. The highest BCUT2D eigenvalue weighted by Gasteiger charge is 2.39. The lowest BCUT2D eigenvalue weighted by Gasteiger charge is -2.45. The third-order valence-corrected chi connectivity index (χ3v) is 8.72. The maximum Gasteiger partial charge on any atom is 0.162 e. The molecule has 0 nitrogen and oxygen atoms in total. The SMILES string of the molecule is C=CCCc1ccc(C2CCC3CC(C4CCC(C=C)CC4)CCC3C2)c(F)c1F. The Labute approximate surface area is 181 Å². The molecule has 0 aliphatic heterocycles. The van der Waals surface area contributed by atoms with Crippen molar-refractivity contribution in [3.63, 3.8) is 0 Å². The highest BCUT2D eigenvalue weighted by molar-refractivity contribution is 5.30. The van der Waals surface area contributed by atoms with Crippen molar-refractivity contribution in [1.82, 2.24) is 0 Å². The van der Waals surface area contributed by atoms with Crippen molar-refractivity contribution >= 4 is 0 Å². The van der Waals surface area contributed by atoms with Crippen LogP contribution in [0.15, 0.2) is 37.4 Å². The Hall–Kier alpha value is -1.44. The molecule has 0 spiro atoms. The predicted octanol–water partition coefficient (Wildman–Crippen LogP) is 8.38. The van der Waals surface area contributed by atoms with Gasteiger partial charge in [0.1, 0.15) is 0 Å². The van der Waals surface area contributed by atoms with Crippen LogP contribution in [0.3, 0.4) is 0 Å². The van der Waals surface area contributed by atoms with Gasteiger partial charge in [0.05, 0.1) is 0 Å². The zero-order valence-corrected chi connectivity index (χ0v) is 18.4. The van der Waals surface area contributed by atoms with Gasteiger partial charge in [0.15, 0.2) is 11.6 Å². The van der Waals surface area contributed by atoms with E-state index in [2.05, 4.69) is 19.2 Å². The quantitative estimate of drug-likeness (QED) is 0.412. The van der Waals surface area contributed by atoms with Gasteiger partial charge in [0.25, 0.3) is 0 Å². The van der Waals surface area contributed by atoms with Gasteiger partial charge in [-0.1, -0.05) is 24.3 Å². The summed E-state index contributed by atoms with van der Waals surface area (Å²) in [6, 6.07) is 3.67. The zero-order valence-electron chi connectivity index (χ0n) is 18.4. The number of hydrogen-bond acceptors (Lipinski definition) is 0. The first kappa shape index (κ1) is 21.8. The number of benzene rings is 1. The summed E-state index contributed by atoms with van der Waals surface area (Å²) < 4.78 is 29.4. The number of halogens is 2. The van der Waals surface area contributed by atoms with E-state index in [1.165, 1.54) is 51.4 Å². The van der Waals surface area contributed by atoms with Crippen molar-refractivity contribution in [2.75, 3.05) is 0 Å². The van der Waals surface area contributed by atoms with E-state index in [0.717, 1.165) is 36.5 Å². The first-order chi connectivity index (χ1) is 14.6. The van der Waals surface area contributed by atoms with Crippen LogP contribution in [-0.4, -0.2) is 0 Å². The van der Waals surface area contributed by atoms with Gasteiger partial charge in [-0.05, 0) is 124 Å². The topological polar surface area (TPSA) is 0 Å². The Morgan fingerprint density at radius 2 is 1.40 bits per heavy atom. The van der Waals surface area contributed by atoms with E-state index in [0.29, 0.717) is 29.9 Å². The minimum atomic E-state index is -0.629. The van der Waals surface area contributed by atoms with Crippen molar-refractivity contribution in [3.05, 3.63) is 60.2 Å². The van der Waals surface area contributed by atoms with Crippen LogP contribution in [0.5, 0.6) is 0 Å². The van der Waals surface area contributed by atoms with Crippen LogP contribution in [0.1, 0.15) is 87.7 Å². The molecule has 4 atom stereocenters. The fourth-order valence-corrected chi connectivity index (χ4v) is 6.86. The molecule has 164 valence electrons. The Bertz CT molecular complexity index is 743. The summed E-state index contributed by atoms with van der Waals surface area (Å²) in [5.41, 5.74) is 1.11. The standard InChI is InChI=1S/C28H38F2/c1-3-5-6-21-15-16-26(28(30)27(21)29)25-14-13-23-17-22(11-12-24(23)18-25)20-9-7-19(4-2)8-10-20/h3-4,15-16,19-20,22-25H,1-2,5-14,17-18H2. The van der Waals surface area contributed by atoms with Crippen molar-refractivity contribution < 1.29 is 8.78 Å². The van der Waals surface area contributed by atoms with Crippen LogP contribution in [0.2, 0.25) is 0 Å². The molecule has 0 aromatic heterocycles. The lowest BCUT2D eigenvalue weighted by Crippen LogP contribution is -2.34. The molecule has 4 rings (SSSR count). The zero-order chi connectivity index (χ0) is 21.1. The largest absolute Gasteiger partial charge is 0.203 e. The van der Waals surface area contributed by atoms with E-state index < -0.39 is 11.6 Å². The normalized spacial score (nSPS) is 34.2. The van der Waals surface area contributed by atoms with Crippen molar-refractivity contribution in [2.45, 2.75) is 83.0 Å². The molecule has 2 heteroatoms. The number of rotatable bonds is 6. The van der Waals surface area contributed by atoms with Gasteiger partial charge < -0.3 is 0 Å².